The normalized spacial score (nSPS) is 11.6. The van der Waals surface area contributed by atoms with E-state index in [4.69, 9.17) is 11.0 Å². The zero-order valence-corrected chi connectivity index (χ0v) is 13.5. The minimum absolute atomic E-state index is 0.296. The largest absolute Gasteiger partial charge is 0.369 e. The molecule has 0 aliphatic rings. The van der Waals surface area contributed by atoms with Gasteiger partial charge in [0.05, 0.1) is 0 Å². The lowest BCUT2D eigenvalue weighted by molar-refractivity contribution is 0.336. The van der Waals surface area contributed by atoms with Gasteiger partial charge >= 0.3 is 0 Å². The van der Waals surface area contributed by atoms with Gasteiger partial charge in [-0.3, -0.25) is 0 Å². The average Bonchev–Trinajstić information content (AvgIpc) is 2.90. The third-order valence-electron chi connectivity index (χ3n) is 2.52. The Hall–Kier alpha value is -1.30. The summed E-state index contributed by atoms with van der Waals surface area (Å²) in [7, 11) is 4.01. The quantitative estimate of drug-likeness (QED) is 0.334. The Morgan fingerprint density at radius 2 is 2.30 bits per heavy atom. The van der Waals surface area contributed by atoms with E-state index in [1.54, 1.807) is 17.5 Å². The van der Waals surface area contributed by atoms with Crippen molar-refractivity contribution in [1.82, 2.24) is 14.8 Å². The standard InChI is InChI=1S/C12H20N6S2/c1-17(2)4-5-18(12(14)16-10-13)6-8-19-9-11-15-3-7-20-11/h3,7H,4-6,8-9H2,1-2H3,(H2,14,16). The highest BCUT2D eigenvalue weighted by atomic mass is 32.2. The summed E-state index contributed by atoms with van der Waals surface area (Å²) in [5, 5.41) is 11.7. The summed E-state index contributed by atoms with van der Waals surface area (Å²) in [5.41, 5.74) is 5.81. The van der Waals surface area contributed by atoms with E-state index in [-0.39, 0.29) is 0 Å². The molecule has 20 heavy (non-hydrogen) atoms. The second-order valence-corrected chi connectivity index (χ2v) is 6.42. The lowest BCUT2D eigenvalue weighted by Gasteiger charge is -2.24. The minimum atomic E-state index is 0.296. The molecule has 8 heteroatoms. The van der Waals surface area contributed by atoms with Gasteiger partial charge in [-0.1, -0.05) is 0 Å². The van der Waals surface area contributed by atoms with Crippen LogP contribution in [-0.2, 0) is 5.75 Å². The smallest absolute Gasteiger partial charge is 0.209 e. The first kappa shape index (κ1) is 16.8. The van der Waals surface area contributed by atoms with Crippen molar-refractivity contribution in [2.75, 3.05) is 39.5 Å². The maximum atomic E-state index is 8.59. The van der Waals surface area contributed by atoms with Gasteiger partial charge in [0.2, 0.25) is 12.2 Å². The van der Waals surface area contributed by atoms with Crippen LogP contribution in [0.4, 0.5) is 0 Å². The number of nitrogens with two attached hydrogens (primary N) is 1. The van der Waals surface area contributed by atoms with Crippen molar-refractivity contribution in [3.8, 4) is 6.19 Å². The van der Waals surface area contributed by atoms with Crippen LogP contribution in [0.5, 0.6) is 0 Å². The summed E-state index contributed by atoms with van der Waals surface area (Å²) in [6.07, 6.45) is 3.56. The molecule has 2 N–H and O–H groups in total. The van der Waals surface area contributed by atoms with Crippen LogP contribution in [-0.4, -0.2) is 60.2 Å². The van der Waals surface area contributed by atoms with Crippen molar-refractivity contribution in [3.63, 3.8) is 0 Å². The van der Waals surface area contributed by atoms with Gasteiger partial charge in [-0.15, -0.1) is 16.3 Å². The molecule has 1 aromatic rings. The van der Waals surface area contributed by atoms with Crippen molar-refractivity contribution in [1.29, 1.82) is 5.26 Å². The van der Waals surface area contributed by atoms with Gasteiger partial charge in [-0.05, 0) is 14.1 Å². The third kappa shape index (κ3) is 6.75. The van der Waals surface area contributed by atoms with E-state index in [2.05, 4.69) is 14.9 Å². The molecule has 0 radical (unpaired) electrons. The molecular formula is C12H20N6S2. The average molecular weight is 312 g/mol. The molecule has 0 saturated heterocycles. The van der Waals surface area contributed by atoms with Crippen molar-refractivity contribution in [3.05, 3.63) is 16.6 Å². The van der Waals surface area contributed by atoms with E-state index in [9.17, 15) is 0 Å². The first-order chi connectivity index (χ1) is 9.63. The van der Waals surface area contributed by atoms with Gasteiger partial charge in [0.1, 0.15) is 5.01 Å². The Bertz CT molecular complexity index is 437. The second-order valence-electron chi connectivity index (χ2n) is 4.34. The Labute approximate surface area is 128 Å². The highest BCUT2D eigenvalue weighted by Gasteiger charge is 2.08. The minimum Gasteiger partial charge on any atom is -0.369 e. The van der Waals surface area contributed by atoms with Gasteiger partial charge in [-0.2, -0.15) is 17.0 Å². The number of aliphatic imine (C=N–C) groups is 1. The summed E-state index contributed by atoms with van der Waals surface area (Å²) in [6, 6.07) is 0. The molecule has 0 spiro atoms. The van der Waals surface area contributed by atoms with Crippen molar-refractivity contribution < 1.29 is 0 Å². The first-order valence-corrected chi connectivity index (χ1v) is 8.25. The molecular weight excluding hydrogens is 292 g/mol. The molecule has 0 fully saturated rings. The molecule has 1 aromatic heterocycles. The number of thioether (sulfide) groups is 1. The maximum absolute atomic E-state index is 8.59. The van der Waals surface area contributed by atoms with Crippen LogP contribution >= 0.6 is 23.1 Å². The number of nitriles is 1. The van der Waals surface area contributed by atoms with Crippen molar-refractivity contribution in [2.45, 2.75) is 5.75 Å². The molecule has 0 aromatic carbocycles. The van der Waals surface area contributed by atoms with Gasteiger partial charge in [0.25, 0.3) is 0 Å². The monoisotopic (exact) mass is 312 g/mol. The van der Waals surface area contributed by atoms with Crippen molar-refractivity contribution in [2.24, 2.45) is 10.7 Å². The van der Waals surface area contributed by atoms with Crippen LogP contribution in [0.25, 0.3) is 0 Å². The summed E-state index contributed by atoms with van der Waals surface area (Å²) in [4.78, 5) is 11.9. The molecule has 0 amide bonds. The van der Waals surface area contributed by atoms with E-state index in [0.717, 1.165) is 36.1 Å². The van der Waals surface area contributed by atoms with Crippen LogP contribution in [0.2, 0.25) is 0 Å². The fourth-order valence-electron chi connectivity index (χ4n) is 1.44. The number of hydrogen-bond donors (Lipinski definition) is 1. The number of guanidine groups is 1. The SMILES string of the molecule is CN(C)CCN(CCSCc1nccs1)C(N)=NC#N. The molecule has 1 rings (SSSR count). The topological polar surface area (TPSA) is 81.5 Å². The van der Waals surface area contributed by atoms with E-state index in [1.165, 1.54) is 0 Å². The Balaban J connectivity index is 2.35. The summed E-state index contributed by atoms with van der Waals surface area (Å²) in [6.45, 7) is 2.42. The van der Waals surface area contributed by atoms with Gasteiger partial charge < -0.3 is 15.5 Å². The van der Waals surface area contributed by atoms with E-state index in [0.29, 0.717) is 5.96 Å². The maximum Gasteiger partial charge on any atom is 0.209 e. The molecule has 0 aliphatic carbocycles. The van der Waals surface area contributed by atoms with Crippen LogP contribution < -0.4 is 5.73 Å². The molecule has 6 nitrogen and oxygen atoms in total. The zero-order chi connectivity index (χ0) is 14.8. The molecule has 0 unspecified atom stereocenters. The highest BCUT2D eigenvalue weighted by Crippen LogP contribution is 2.14. The van der Waals surface area contributed by atoms with E-state index in [1.807, 2.05) is 42.3 Å². The van der Waals surface area contributed by atoms with E-state index < -0.39 is 0 Å². The number of thiazole rings is 1. The molecule has 0 aliphatic heterocycles. The Morgan fingerprint density at radius 1 is 1.50 bits per heavy atom. The second kappa shape index (κ2) is 9.58. The summed E-state index contributed by atoms with van der Waals surface area (Å²) in [5.74, 6) is 2.13. The Kier molecular flexibility index (Phi) is 8.02. The third-order valence-corrected chi connectivity index (χ3v) is 4.43. The van der Waals surface area contributed by atoms with Crippen molar-refractivity contribution >= 4 is 29.1 Å². The van der Waals surface area contributed by atoms with Gasteiger partial charge in [0.15, 0.2) is 0 Å². The summed E-state index contributed by atoms with van der Waals surface area (Å²) >= 11 is 3.47. The lowest BCUT2D eigenvalue weighted by Crippen LogP contribution is -2.42. The molecule has 0 atom stereocenters. The highest BCUT2D eigenvalue weighted by molar-refractivity contribution is 7.98. The lowest BCUT2D eigenvalue weighted by atomic mass is 10.5. The summed E-state index contributed by atoms with van der Waals surface area (Å²) < 4.78 is 0. The predicted octanol–water partition coefficient (Wildman–Crippen LogP) is 1.04. The van der Waals surface area contributed by atoms with Crippen LogP contribution in [0.15, 0.2) is 16.6 Å². The van der Waals surface area contributed by atoms with Gasteiger partial charge in [0, 0.05) is 42.7 Å². The predicted molar refractivity (Wildman–Crippen MR) is 85.6 cm³/mol. The fourth-order valence-corrected chi connectivity index (χ4v) is 3.11. The number of aromatic nitrogens is 1. The number of hydrogen-bond acceptors (Lipinski definition) is 6. The first-order valence-electron chi connectivity index (χ1n) is 6.21. The number of nitrogens with zero attached hydrogens (tertiary/aromatic N) is 5. The van der Waals surface area contributed by atoms with E-state index >= 15 is 0 Å². The zero-order valence-electron chi connectivity index (χ0n) is 11.8. The number of likely N-dealkylation sites (N-methyl/N-ethyl adjacent to an activating group) is 1. The molecule has 110 valence electrons. The van der Waals surface area contributed by atoms with Gasteiger partial charge in [-0.25, -0.2) is 4.98 Å². The van der Waals surface area contributed by atoms with Crippen LogP contribution in [0.3, 0.4) is 0 Å². The fraction of sp³-hybridized carbons (Fsp3) is 0.583. The van der Waals surface area contributed by atoms with Crippen LogP contribution in [0, 0.1) is 11.5 Å². The molecule has 1 heterocycles. The molecule has 0 saturated carbocycles. The number of rotatable bonds is 8. The Morgan fingerprint density at radius 3 is 2.90 bits per heavy atom. The van der Waals surface area contributed by atoms with Crippen LogP contribution in [0.1, 0.15) is 5.01 Å². The molecule has 0 bridgehead atoms.